The molecule has 0 amide bonds. The summed E-state index contributed by atoms with van der Waals surface area (Å²) in [4.78, 5) is 6.31. The summed E-state index contributed by atoms with van der Waals surface area (Å²) >= 11 is 6.39. The Hall–Kier alpha value is -2.87. The lowest BCUT2D eigenvalue weighted by Gasteiger charge is -2.33. The molecule has 6 nitrogen and oxygen atoms in total. The van der Waals surface area contributed by atoms with Crippen LogP contribution in [0.2, 0.25) is 5.02 Å². The summed E-state index contributed by atoms with van der Waals surface area (Å²) in [7, 11) is 0. The number of nitrogens with zero attached hydrogens (tertiary/aromatic N) is 2. The van der Waals surface area contributed by atoms with E-state index in [1.807, 2.05) is 18.2 Å². The normalized spacial score (nSPS) is 18.2. The van der Waals surface area contributed by atoms with Gasteiger partial charge < -0.3 is 19.9 Å². The first-order chi connectivity index (χ1) is 15.6. The largest absolute Gasteiger partial charge is 0.507 e. The average molecular weight is 456 g/mol. The zero-order valence-corrected chi connectivity index (χ0v) is 18.1. The fourth-order valence-corrected chi connectivity index (χ4v) is 4.52. The van der Waals surface area contributed by atoms with Crippen molar-refractivity contribution in [3.05, 3.63) is 70.8 Å². The van der Waals surface area contributed by atoms with Gasteiger partial charge in [0.25, 0.3) is 0 Å². The van der Waals surface area contributed by atoms with Gasteiger partial charge in [0, 0.05) is 49.7 Å². The van der Waals surface area contributed by atoms with Gasteiger partial charge >= 0.3 is 0 Å². The van der Waals surface area contributed by atoms with Crippen molar-refractivity contribution in [1.82, 2.24) is 15.2 Å². The maximum Gasteiger partial charge on any atom is 0.177 e. The number of pyridine rings is 1. The zero-order chi connectivity index (χ0) is 22.1. The predicted octanol–water partition coefficient (Wildman–Crippen LogP) is 3.99. The molecular weight excluding hydrogens is 433 g/mol. The lowest BCUT2D eigenvalue weighted by atomic mass is 9.99. The molecule has 0 spiro atoms. The fourth-order valence-electron chi connectivity index (χ4n) is 4.25. The molecule has 2 aliphatic heterocycles. The molecule has 0 radical (unpaired) electrons. The van der Waals surface area contributed by atoms with Crippen LogP contribution >= 0.6 is 11.6 Å². The first kappa shape index (κ1) is 21.0. The van der Waals surface area contributed by atoms with Crippen molar-refractivity contribution in [2.75, 3.05) is 26.2 Å². The standard InChI is InChI=1S/C24H23ClFN3O3/c25-18-2-1-3-19(30)21(18)22-20(31-13-15-4-6-27-7-5-15)10-16-12-29-9-8-28-11-17(29)14-32-24(16)23(22)26/h1-7,10,17,28,30H,8-9,11-14H2/t17-/m1/s1. The average Bonchev–Trinajstić information content (AvgIpc) is 2.99. The van der Waals surface area contributed by atoms with E-state index < -0.39 is 5.82 Å². The molecule has 166 valence electrons. The highest BCUT2D eigenvalue weighted by Crippen LogP contribution is 2.47. The number of aromatic nitrogens is 1. The second-order valence-corrected chi connectivity index (χ2v) is 8.38. The molecular formula is C24H23ClFN3O3. The van der Waals surface area contributed by atoms with Crippen molar-refractivity contribution < 1.29 is 19.0 Å². The van der Waals surface area contributed by atoms with Crippen LogP contribution in [0.4, 0.5) is 4.39 Å². The number of rotatable bonds is 4. The Labute approximate surface area is 190 Å². The summed E-state index contributed by atoms with van der Waals surface area (Å²) in [6, 6.07) is 10.3. The highest BCUT2D eigenvalue weighted by atomic mass is 35.5. The summed E-state index contributed by atoms with van der Waals surface area (Å²) in [5, 5.41) is 14.1. The number of hydrogen-bond donors (Lipinski definition) is 2. The van der Waals surface area contributed by atoms with Crippen LogP contribution in [0.3, 0.4) is 0 Å². The number of nitrogens with one attached hydrogen (secondary N) is 1. The third kappa shape index (κ3) is 3.99. The van der Waals surface area contributed by atoms with Gasteiger partial charge in [-0.25, -0.2) is 4.39 Å². The Morgan fingerprint density at radius 1 is 1.25 bits per heavy atom. The van der Waals surface area contributed by atoms with E-state index >= 15 is 4.39 Å². The van der Waals surface area contributed by atoms with E-state index in [-0.39, 0.29) is 40.3 Å². The van der Waals surface area contributed by atoms with E-state index in [1.54, 1.807) is 24.5 Å². The van der Waals surface area contributed by atoms with Gasteiger partial charge in [-0.3, -0.25) is 9.88 Å². The van der Waals surface area contributed by atoms with Crippen molar-refractivity contribution in [2.24, 2.45) is 0 Å². The van der Waals surface area contributed by atoms with E-state index in [0.29, 0.717) is 24.5 Å². The smallest absolute Gasteiger partial charge is 0.177 e. The van der Waals surface area contributed by atoms with Gasteiger partial charge in [-0.05, 0) is 35.9 Å². The topological polar surface area (TPSA) is 66.8 Å². The van der Waals surface area contributed by atoms with Gasteiger partial charge in [0.2, 0.25) is 0 Å². The lowest BCUT2D eigenvalue weighted by Crippen LogP contribution is -2.52. The molecule has 5 rings (SSSR count). The van der Waals surface area contributed by atoms with E-state index in [1.165, 1.54) is 6.07 Å². The van der Waals surface area contributed by atoms with Crippen molar-refractivity contribution in [3.8, 4) is 28.4 Å². The minimum Gasteiger partial charge on any atom is -0.507 e. The van der Waals surface area contributed by atoms with Crippen LogP contribution in [-0.2, 0) is 13.2 Å². The molecule has 2 aromatic carbocycles. The van der Waals surface area contributed by atoms with Crippen LogP contribution in [-0.4, -0.2) is 47.3 Å². The number of aromatic hydroxyl groups is 1. The maximum absolute atomic E-state index is 16.0. The van der Waals surface area contributed by atoms with Crippen molar-refractivity contribution in [3.63, 3.8) is 0 Å². The zero-order valence-electron chi connectivity index (χ0n) is 17.4. The quantitative estimate of drug-likeness (QED) is 0.620. The third-order valence-corrected chi connectivity index (χ3v) is 6.23. The Kier molecular flexibility index (Phi) is 5.87. The lowest BCUT2D eigenvalue weighted by molar-refractivity contribution is 0.119. The molecule has 1 saturated heterocycles. The van der Waals surface area contributed by atoms with Crippen molar-refractivity contribution >= 4 is 11.6 Å². The molecule has 8 heteroatoms. The second-order valence-electron chi connectivity index (χ2n) is 7.97. The summed E-state index contributed by atoms with van der Waals surface area (Å²) < 4.78 is 28.1. The van der Waals surface area contributed by atoms with Crippen molar-refractivity contribution in [2.45, 2.75) is 19.2 Å². The van der Waals surface area contributed by atoms with Crippen LogP contribution in [0.25, 0.3) is 11.1 Å². The van der Waals surface area contributed by atoms with Crippen LogP contribution < -0.4 is 14.8 Å². The minimum absolute atomic E-state index is 0.0962. The Morgan fingerprint density at radius 3 is 2.91 bits per heavy atom. The number of benzene rings is 2. The van der Waals surface area contributed by atoms with Crippen LogP contribution in [0.1, 0.15) is 11.1 Å². The summed E-state index contributed by atoms with van der Waals surface area (Å²) in [5.74, 6) is -0.215. The maximum atomic E-state index is 16.0. The van der Waals surface area contributed by atoms with Gasteiger partial charge in [-0.15, -0.1) is 0 Å². The highest BCUT2D eigenvalue weighted by Gasteiger charge is 2.32. The van der Waals surface area contributed by atoms with Gasteiger partial charge in [0.1, 0.15) is 24.7 Å². The molecule has 2 aliphatic rings. The third-order valence-electron chi connectivity index (χ3n) is 5.91. The molecule has 0 bridgehead atoms. The van der Waals surface area contributed by atoms with E-state index in [9.17, 15) is 5.11 Å². The Morgan fingerprint density at radius 2 is 2.09 bits per heavy atom. The molecule has 32 heavy (non-hydrogen) atoms. The number of phenols is 1. The Bertz CT molecular complexity index is 1110. The van der Waals surface area contributed by atoms with Crippen LogP contribution in [0.15, 0.2) is 48.8 Å². The monoisotopic (exact) mass is 455 g/mol. The minimum atomic E-state index is -0.580. The SMILES string of the molecule is Oc1cccc(Cl)c1-c1c(OCc2ccncc2)cc2c(c1F)OC[C@H]1CNCCN1C2. The van der Waals surface area contributed by atoms with Gasteiger partial charge in [0.05, 0.1) is 16.6 Å². The van der Waals surface area contributed by atoms with Gasteiger partial charge in [0.15, 0.2) is 11.6 Å². The van der Waals surface area contributed by atoms with E-state index in [0.717, 1.165) is 25.2 Å². The number of phenolic OH excluding ortho intramolecular Hbond substituents is 1. The first-order valence-electron chi connectivity index (χ1n) is 10.5. The molecule has 0 saturated carbocycles. The highest BCUT2D eigenvalue weighted by molar-refractivity contribution is 6.33. The summed E-state index contributed by atoms with van der Waals surface area (Å²) in [5.41, 5.74) is 1.89. The first-order valence-corrected chi connectivity index (χ1v) is 10.9. The summed E-state index contributed by atoms with van der Waals surface area (Å²) in [6.45, 7) is 3.68. The van der Waals surface area contributed by atoms with Crippen LogP contribution in [0, 0.1) is 5.82 Å². The van der Waals surface area contributed by atoms with E-state index in [4.69, 9.17) is 21.1 Å². The molecule has 0 aliphatic carbocycles. The molecule has 1 aromatic heterocycles. The predicted molar refractivity (Wildman–Crippen MR) is 120 cm³/mol. The fraction of sp³-hybridized carbons (Fsp3) is 0.292. The number of hydrogen-bond acceptors (Lipinski definition) is 6. The Balaban J connectivity index is 1.62. The molecule has 3 aromatic rings. The number of piperazine rings is 1. The number of halogens is 2. The summed E-state index contributed by atoms with van der Waals surface area (Å²) in [6.07, 6.45) is 3.35. The van der Waals surface area contributed by atoms with Crippen LogP contribution in [0.5, 0.6) is 17.2 Å². The molecule has 1 atom stereocenters. The molecule has 2 N–H and O–H groups in total. The molecule has 3 heterocycles. The van der Waals surface area contributed by atoms with Gasteiger partial charge in [-0.1, -0.05) is 17.7 Å². The molecule has 0 unspecified atom stereocenters. The molecule has 1 fully saturated rings. The second kappa shape index (κ2) is 8.94. The number of ether oxygens (including phenoxy) is 2. The van der Waals surface area contributed by atoms with Gasteiger partial charge in [-0.2, -0.15) is 0 Å². The number of fused-ring (bicyclic) bond motifs is 2. The van der Waals surface area contributed by atoms with Crippen molar-refractivity contribution in [1.29, 1.82) is 0 Å². The van der Waals surface area contributed by atoms with E-state index in [2.05, 4.69) is 15.2 Å².